The van der Waals surface area contributed by atoms with E-state index in [-0.39, 0.29) is 11.8 Å². The Morgan fingerprint density at radius 1 is 0.614 bits per heavy atom. The third kappa shape index (κ3) is 21.6. The molecule has 2 fully saturated rings. The molecule has 0 spiro atoms. The van der Waals surface area contributed by atoms with E-state index in [0.717, 1.165) is 38.5 Å². The number of amides is 1. The number of aliphatic carboxylic acids is 2. The van der Waals surface area contributed by atoms with E-state index >= 15 is 0 Å². The van der Waals surface area contributed by atoms with Gasteiger partial charge in [0.05, 0.1) is 11.8 Å². The second-order valence-corrected chi connectivity index (χ2v) is 14.3. The summed E-state index contributed by atoms with van der Waals surface area (Å²) < 4.78 is 18.9. The number of rotatable bonds is 5. The summed E-state index contributed by atoms with van der Waals surface area (Å²) in [5.74, 6) is -0.701. The minimum Gasteiger partial charge on any atom is -0.481 e. The Labute approximate surface area is 261 Å². The topological polar surface area (TPSA) is 201 Å². The first-order valence-corrected chi connectivity index (χ1v) is 15.3. The van der Waals surface area contributed by atoms with Crippen LogP contribution in [0.2, 0.25) is 0 Å². The lowest BCUT2D eigenvalue weighted by Crippen LogP contribution is -2.36. The van der Waals surface area contributed by atoms with Gasteiger partial charge in [0.2, 0.25) is 0 Å². The molecule has 1 amide bonds. The lowest BCUT2D eigenvalue weighted by atomic mass is 9.82. The van der Waals surface area contributed by atoms with Crippen molar-refractivity contribution >= 4 is 30.3 Å². The summed E-state index contributed by atoms with van der Waals surface area (Å²) in [7, 11) is 0. The summed E-state index contributed by atoms with van der Waals surface area (Å²) in [4.78, 5) is 54.8. The summed E-state index contributed by atoms with van der Waals surface area (Å²) in [6.07, 6.45) is 4.22. The minimum absolute atomic E-state index is 0.0993. The van der Waals surface area contributed by atoms with Crippen LogP contribution in [0.1, 0.15) is 114 Å². The van der Waals surface area contributed by atoms with E-state index in [1.54, 1.807) is 41.5 Å². The fourth-order valence-electron chi connectivity index (χ4n) is 4.41. The average molecular weight is 633 g/mol. The second-order valence-electron chi connectivity index (χ2n) is 14.3. The molecule has 13 heteroatoms. The van der Waals surface area contributed by atoms with Gasteiger partial charge in [-0.1, -0.05) is 0 Å². The molecule has 0 bridgehead atoms. The summed E-state index contributed by atoms with van der Waals surface area (Å²) in [5, 5.41) is 20.3. The molecule has 0 radical (unpaired) electrons. The van der Waals surface area contributed by atoms with Gasteiger partial charge in [0.15, 0.2) is 0 Å². The van der Waals surface area contributed by atoms with Crippen LogP contribution < -0.4 is 11.1 Å². The van der Waals surface area contributed by atoms with Crippen LogP contribution in [-0.4, -0.2) is 70.4 Å². The van der Waals surface area contributed by atoms with Crippen molar-refractivity contribution < 1.29 is 53.1 Å². The molecule has 256 valence electrons. The SMILES string of the molecule is CC(C)(C)OC(=O)NCC1CCC(C(=O)O)CC1.CC(C)(C)OC(=O)OC(=O)OC(C)(C)C.NCC1CCC(C(=O)O)CC1. The molecule has 0 aromatic carbocycles. The molecule has 13 nitrogen and oxygen atoms in total. The molecule has 2 aliphatic carbocycles. The normalized spacial score (nSPS) is 22.0. The van der Waals surface area contributed by atoms with Crippen LogP contribution in [0.4, 0.5) is 14.4 Å². The Kier molecular flexibility index (Phi) is 17.3. The van der Waals surface area contributed by atoms with Gasteiger partial charge < -0.3 is 40.2 Å². The second kappa shape index (κ2) is 18.7. The molecule has 0 atom stereocenters. The molecule has 44 heavy (non-hydrogen) atoms. The highest BCUT2D eigenvalue weighted by molar-refractivity contribution is 5.77. The summed E-state index contributed by atoms with van der Waals surface area (Å²) in [6.45, 7) is 16.8. The standard InChI is InChI=1S/C13H23NO4.C10H18O5.C8H15NO2/c1-13(2,3)18-12(17)14-8-9-4-6-10(7-5-9)11(15)16;1-9(2,3)14-7(11)13-8(12)15-10(4,5)6;9-5-6-1-3-7(4-2-6)8(10)11/h9-10H,4-8H2,1-3H3,(H,14,17)(H,15,16);1-6H3;6-7H,1-5,9H2,(H,10,11). The van der Waals surface area contributed by atoms with Gasteiger partial charge in [-0.15, -0.1) is 0 Å². The summed E-state index contributed by atoms with van der Waals surface area (Å²) in [6, 6.07) is 0. The maximum atomic E-state index is 11.4. The van der Waals surface area contributed by atoms with Crippen molar-refractivity contribution in [2.45, 2.75) is 130 Å². The highest BCUT2D eigenvalue weighted by Gasteiger charge is 2.27. The van der Waals surface area contributed by atoms with E-state index in [9.17, 15) is 24.0 Å². The van der Waals surface area contributed by atoms with Crippen LogP contribution >= 0.6 is 0 Å². The van der Waals surface area contributed by atoms with Gasteiger partial charge in [0.25, 0.3) is 0 Å². The van der Waals surface area contributed by atoms with Gasteiger partial charge >= 0.3 is 30.3 Å². The van der Waals surface area contributed by atoms with Gasteiger partial charge in [0, 0.05) is 6.54 Å². The predicted molar refractivity (Wildman–Crippen MR) is 163 cm³/mol. The number of carbonyl (C=O) groups excluding carboxylic acids is 3. The third-order valence-corrected chi connectivity index (χ3v) is 6.60. The van der Waals surface area contributed by atoms with Crippen molar-refractivity contribution in [3.05, 3.63) is 0 Å². The van der Waals surface area contributed by atoms with Crippen molar-refractivity contribution in [2.24, 2.45) is 29.4 Å². The van der Waals surface area contributed by atoms with Crippen molar-refractivity contribution in [2.75, 3.05) is 13.1 Å². The number of hydrogen-bond donors (Lipinski definition) is 4. The Morgan fingerprint density at radius 3 is 1.25 bits per heavy atom. The van der Waals surface area contributed by atoms with Crippen molar-refractivity contribution in [3.8, 4) is 0 Å². The number of carbonyl (C=O) groups is 5. The zero-order valence-electron chi connectivity index (χ0n) is 28.0. The number of ether oxygens (including phenoxy) is 4. The quantitative estimate of drug-likeness (QED) is 0.154. The molecule has 0 unspecified atom stereocenters. The van der Waals surface area contributed by atoms with Crippen molar-refractivity contribution in [1.29, 1.82) is 0 Å². The Bertz CT molecular complexity index is 890. The molecule has 5 N–H and O–H groups in total. The van der Waals surface area contributed by atoms with E-state index in [4.69, 9.17) is 30.2 Å². The van der Waals surface area contributed by atoms with E-state index < -0.39 is 47.1 Å². The predicted octanol–water partition coefficient (Wildman–Crippen LogP) is 6.11. The summed E-state index contributed by atoms with van der Waals surface area (Å²) in [5.41, 5.74) is 3.61. The molecule has 2 aliphatic rings. The molecular formula is C31H56N2O11. The lowest BCUT2D eigenvalue weighted by molar-refractivity contribution is -0.144. The average Bonchev–Trinajstić information content (AvgIpc) is 2.85. The smallest absolute Gasteiger partial charge is 0.481 e. The van der Waals surface area contributed by atoms with Crippen LogP contribution in [0.15, 0.2) is 0 Å². The molecule has 2 rings (SSSR count). The molecule has 0 aromatic heterocycles. The summed E-state index contributed by atoms with van der Waals surface area (Å²) >= 11 is 0. The zero-order chi connectivity index (χ0) is 34.3. The van der Waals surface area contributed by atoms with Crippen LogP contribution in [-0.2, 0) is 28.5 Å². The zero-order valence-corrected chi connectivity index (χ0v) is 28.0. The first kappa shape index (κ1) is 40.9. The number of carboxylic acids is 2. The third-order valence-electron chi connectivity index (χ3n) is 6.60. The van der Waals surface area contributed by atoms with Crippen LogP contribution in [0.5, 0.6) is 0 Å². The Morgan fingerprint density at radius 2 is 0.955 bits per heavy atom. The van der Waals surface area contributed by atoms with Crippen molar-refractivity contribution in [3.63, 3.8) is 0 Å². The van der Waals surface area contributed by atoms with E-state index in [2.05, 4.69) is 10.1 Å². The number of hydrogen-bond acceptors (Lipinski definition) is 10. The molecule has 0 heterocycles. The number of alkyl carbamates (subject to hydrolysis) is 1. The van der Waals surface area contributed by atoms with E-state index in [1.165, 1.54) is 0 Å². The molecule has 2 saturated carbocycles. The van der Waals surface area contributed by atoms with Crippen LogP contribution in [0.25, 0.3) is 0 Å². The van der Waals surface area contributed by atoms with Crippen LogP contribution in [0.3, 0.4) is 0 Å². The molecule has 0 aliphatic heterocycles. The molecule has 0 saturated heterocycles. The van der Waals surface area contributed by atoms with Gasteiger partial charge in [-0.25, -0.2) is 14.4 Å². The Hall–Kier alpha value is -3.09. The molecular weight excluding hydrogens is 576 g/mol. The minimum atomic E-state index is -1.06. The molecule has 0 aromatic rings. The maximum absolute atomic E-state index is 11.4. The fourth-order valence-corrected chi connectivity index (χ4v) is 4.41. The van der Waals surface area contributed by atoms with Crippen molar-refractivity contribution in [1.82, 2.24) is 5.32 Å². The Balaban J connectivity index is 0.000000649. The number of carboxylic acid groups (broad SMARTS) is 2. The van der Waals surface area contributed by atoms with Gasteiger partial charge in [-0.3, -0.25) is 9.59 Å². The van der Waals surface area contributed by atoms with E-state index in [0.29, 0.717) is 37.8 Å². The van der Waals surface area contributed by atoms with Crippen LogP contribution in [0, 0.1) is 23.7 Å². The van der Waals surface area contributed by atoms with Gasteiger partial charge in [-0.05, 0) is 132 Å². The highest BCUT2D eigenvalue weighted by atomic mass is 16.8. The first-order valence-electron chi connectivity index (χ1n) is 15.3. The largest absolute Gasteiger partial charge is 0.519 e. The maximum Gasteiger partial charge on any atom is 0.519 e. The van der Waals surface area contributed by atoms with E-state index in [1.807, 2.05) is 20.8 Å². The van der Waals surface area contributed by atoms with Gasteiger partial charge in [-0.2, -0.15) is 0 Å². The number of nitrogens with one attached hydrogen (secondary N) is 1. The lowest BCUT2D eigenvalue weighted by Gasteiger charge is -2.27. The monoisotopic (exact) mass is 632 g/mol. The highest BCUT2D eigenvalue weighted by Crippen LogP contribution is 2.29. The van der Waals surface area contributed by atoms with Gasteiger partial charge in [0.1, 0.15) is 16.8 Å². The number of nitrogens with two attached hydrogens (primary N) is 1. The fraction of sp³-hybridized carbons (Fsp3) is 0.839. The first-order chi connectivity index (χ1) is 20.0.